The molecule has 0 heterocycles. The van der Waals surface area contributed by atoms with Crippen LogP contribution in [0.2, 0.25) is 0 Å². The fourth-order valence-corrected chi connectivity index (χ4v) is 1.52. The largest absolute Gasteiger partial charge is 0.444 e. The molecule has 0 aliphatic heterocycles. The highest BCUT2D eigenvalue weighted by Crippen LogP contribution is 2.11. The summed E-state index contributed by atoms with van der Waals surface area (Å²) in [5.41, 5.74) is -1.53. The summed E-state index contributed by atoms with van der Waals surface area (Å²) in [5, 5.41) is 2.61. The molecule has 0 spiro atoms. The third kappa shape index (κ3) is 5.38. The van der Waals surface area contributed by atoms with Crippen LogP contribution in [0.3, 0.4) is 0 Å². The van der Waals surface area contributed by atoms with E-state index < -0.39 is 17.2 Å². The number of carbonyl (C=O) groups is 2. The number of rotatable bonds is 4. The minimum absolute atomic E-state index is 0.113. The van der Waals surface area contributed by atoms with Gasteiger partial charge in [0.1, 0.15) is 11.1 Å². The first-order chi connectivity index (χ1) is 8.03. The molecule has 0 radical (unpaired) electrons. The molecule has 0 aromatic rings. The van der Waals surface area contributed by atoms with Crippen molar-refractivity contribution in [3.63, 3.8) is 0 Å². The highest BCUT2D eigenvalue weighted by atomic mass is 16.6. The van der Waals surface area contributed by atoms with Gasteiger partial charge in [0.2, 0.25) is 5.91 Å². The van der Waals surface area contributed by atoms with E-state index >= 15 is 0 Å². The number of amides is 2. The van der Waals surface area contributed by atoms with Gasteiger partial charge in [0.05, 0.1) is 0 Å². The van der Waals surface area contributed by atoms with Crippen LogP contribution in [0.15, 0.2) is 0 Å². The Morgan fingerprint density at radius 3 is 1.83 bits per heavy atom. The molecule has 0 unspecified atom stereocenters. The van der Waals surface area contributed by atoms with Crippen molar-refractivity contribution >= 4 is 12.0 Å². The highest BCUT2D eigenvalue weighted by Gasteiger charge is 2.33. The molecule has 106 valence electrons. The van der Waals surface area contributed by atoms with Crippen LogP contribution < -0.4 is 5.32 Å². The summed E-state index contributed by atoms with van der Waals surface area (Å²) in [6.07, 6.45) is -0.576. The van der Waals surface area contributed by atoms with Gasteiger partial charge in [-0.1, -0.05) is 0 Å². The lowest BCUT2D eigenvalue weighted by atomic mass is 10.0. The van der Waals surface area contributed by atoms with Crippen molar-refractivity contribution < 1.29 is 14.3 Å². The molecule has 0 bridgehead atoms. The quantitative estimate of drug-likeness (QED) is 0.840. The maximum absolute atomic E-state index is 12.2. The Hall–Kier alpha value is -1.26. The average Bonchev–Trinajstić information content (AvgIpc) is 2.15. The molecular weight excluding hydrogens is 232 g/mol. The Balaban J connectivity index is 4.65. The topological polar surface area (TPSA) is 58.6 Å². The van der Waals surface area contributed by atoms with E-state index in [1.807, 2.05) is 13.8 Å². The second-order valence-corrected chi connectivity index (χ2v) is 5.73. The molecule has 0 aliphatic rings. The zero-order valence-corrected chi connectivity index (χ0v) is 12.6. The van der Waals surface area contributed by atoms with Crippen molar-refractivity contribution in [1.82, 2.24) is 10.2 Å². The standard InChI is InChI=1S/C13H26N2O3/c1-8-15(9-2)10(16)13(6,7)14-11(17)18-12(3,4)5/h8-9H2,1-7H3,(H,14,17). The van der Waals surface area contributed by atoms with Crippen LogP contribution in [-0.2, 0) is 9.53 Å². The van der Waals surface area contributed by atoms with Crippen molar-refractivity contribution in [3.8, 4) is 0 Å². The van der Waals surface area contributed by atoms with Gasteiger partial charge < -0.3 is 15.0 Å². The molecule has 0 aliphatic carbocycles. The molecule has 18 heavy (non-hydrogen) atoms. The summed E-state index contributed by atoms with van der Waals surface area (Å²) >= 11 is 0. The van der Waals surface area contributed by atoms with Crippen LogP contribution in [0.5, 0.6) is 0 Å². The van der Waals surface area contributed by atoms with Gasteiger partial charge in [0.25, 0.3) is 0 Å². The van der Waals surface area contributed by atoms with Crippen LogP contribution in [0.4, 0.5) is 4.79 Å². The van der Waals surface area contributed by atoms with Gasteiger partial charge in [-0.3, -0.25) is 4.79 Å². The predicted octanol–water partition coefficient (Wildman–Crippen LogP) is 2.16. The maximum Gasteiger partial charge on any atom is 0.408 e. The van der Waals surface area contributed by atoms with Crippen molar-refractivity contribution in [3.05, 3.63) is 0 Å². The lowest BCUT2D eigenvalue weighted by molar-refractivity contribution is -0.136. The van der Waals surface area contributed by atoms with Gasteiger partial charge in [-0.05, 0) is 48.5 Å². The first kappa shape index (κ1) is 16.7. The smallest absolute Gasteiger partial charge is 0.408 e. The van der Waals surface area contributed by atoms with E-state index in [1.165, 1.54) is 0 Å². The van der Waals surface area contributed by atoms with E-state index in [1.54, 1.807) is 39.5 Å². The minimum atomic E-state index is -0.964. The van der Waals surface area contributed by atoms with E-state index in [9.17, 15) is 9.59 Å². The predicted molar refractivity (Wildman–Crippen MR) is 71.4 cm³/mol. The van der Waals surface area contributed by atoms with Crippen molar-refractivity contribution in [2.45, 2.75) is 59.6 Å². The molecule has 0 fully saturated rings. The summed E-state index contributed by atoms with van der Waals surface area (Å²) in [5.74, 6) is -0.113. The average molecular weight is 258 g/mol. The van der Waals surface area contributed by atoms with Crippen molar-refractivity contribution in [2.75, 3.05) is 13.1 Å². The molecule has 0 aromatic heterocycles. The first-order valence-corrected chi connectivity index (χ1v) is 6.34. The first-order valence-electron chi connectivity index (χ1n) is 6.34. The number of nitrogens with one attached hydrogen (secondary N) is 1. The molecule has 0 saturated heterocycles. The summed E-state index contributed by atoms with van der Waals surface area (Å²) in [7, 11) is 0. The Morgan fingerprint density at radius 1 is 1.06 bits per heavy atom. The number of likely N-dealkylation sites (N-methyl/N-ethyl adjacent to an activating group) is 1. The number of ether oxygens (including phenoxy) is 1. The van der Waals surface area contributed by atoms with Crippen LogP contribution in [-0.4, -0.2) is 41.1 Å². The van der Waals surface area contributed by atoms with Crippen LogP contribution in [0.1, 0.15) is 48.5 Å². The van der Waals surface area contributed by atoms with Crippen molar-refractivity contribution in [1.29, 1.82) is 0 Å². The Morgan fingerprint density at radius 2 is 1.50 bits per heavy atom. The van der Waals surface area contributed by atoms with E-state index in [0.717, 1.165) is 0 Å². The fourth-order valence-electron chi connectivity index (χ4n) is 1.52. The highest BCUT2D eigenvalue weighted by molar-refractivity contribution is 5.89. The third-order valence-electron chi connectivity index (χ3n) is 2.40. The molecule has 0 aromatic carbocycles. The van der Waals surface area contributed by atoms with Gasteiger partial charge in [-0.2, -0.15) is 0 Å². The van der Waals surface area contributed by atoms with E-state index in [-0.39, 0.29) is 5.91 Å². The van der Waals surface area contributed by atoms with Gasteiger partial charge in [0.15, 0.2) is 0 Å². The fraction of sp³-hybridized carbons (Fsp3) is 0.846. The maximum atomic E-state index is 12.2. The number of carbonyl (C=O) groups excluding carboxylic acids is 2. The molecule has 0 atom stereocenters. The monoisotopic (exact) mass is 258 g/mol. The van der Waals surface area contributed by atoms with Crippen LogP contribution >= 0.6 is 0 Å². The van der Waals surface area contributed by atoms with Crippen LogP contribution in [0.25, 0.3) is 0 Å². The molecule has 0 saturated carbocycles. The summed E-state index contributed by atoms with van der Waals surface area (Å²) in [6.45, 7) is 13.8. The molecule has 5 heteroatoms. The second kappa shape index (κ2) is 6.07. The summed E-state index contributed by atoms with van der Waals surface area (Å²) in [6, 6.07) is 0. The summed E-state index contributed by atoms with van der Waals surface area (Å²) in [4.78, 5) is 25.5. The van der Waals surface area contributed by atoms with Gasteiger partial charge in [-0.15, -0.1) is 0 Å². The molecule has 5 nitrogen and oxygen atoms in total. The number of alkyl carbamates (subject to hydrolysis) is 1. The van der Waals surface area contributed by atoms with Crippen LogP contribution in [0, 0.1) is 0 Å². The Kier molecular flexibility index (Phi) is 5.64. The Labute approximate surface area is 110 Å². The number of hydrogen-bond donors (Lipinski definition) is 1. The number of nitrogens with zero attached hydrogens (tertiary/aromatic N) is 1. The van der Waals surface area contributed by atoms with Gasteiger partial charge in [0, 0.05) is 13.1 Å². The van der Waals surface area contributed by atoms with Crippen molar-refractivity contribution in [2.24, 2.45) is 0 Å². The normalized spacial score (nSPS) is 11.9. The molecular formula is C13H26N2O3. The van der Waals surface area contributed by atoms with E-state index in [0.29, 0.717) is 13.1 Å². The van der Waals surface area contributed by atoms with E-state index in [2.05, 4.69) is 5.32 Å². The molecule has 2 amide bonds. The second-order valence-electron chi connectivity index (χ2n) is 5.73. The summed E-state index contributed by atoms with van der Waals surface area (Å²) < 4.78 is 5.15. The third-order valence-corrected chi connectivity index (χ3v) is 2.40. The zero-order valence-electron chi connectivity index (χ0n) is 12.6. The van der Waals surface area contributed by atoms with Gasteiger partial charge in [-0.25, -0.2) is 4.79 Å². The minimum Gasteiger partial charge on any atom is -0.444 e. The lowest BCUT2D eigenvalue weighted by Crippen LogP contribution is -2.56. The molecule has 0 rings (SSSR count). The Bertz CT molecular complexity index is 302. The SMILES string of the molecule is CCN(CC)C(=O)C(C)(C)NC(=O)OC(C)(C)C. The van der Waals surface area contributed by atoms with Gasteiger partial charge >= 0.3 is 6.09 Å². The molecule has 1 N–H and O–H groups in total. The lowest BCUT2D eigenvalue weighted by Gasteiger charge is -2.32. The number of hydrogen-bond acceptors (Lipinski definition) is 3. The zero-order chi connectivity index (χ0) is 14.6. The van der Waals surface area contributed by atoms with E-state index in [4.69, 9.17) is 4.74 Å².